The first-order valence-electron chi connectivity index (χ1n) is 15.1. The summed E-state index contributed by atoms with van der Waals surface area (Å²) in [6.45, 7) is 4.75. The Morgan fingerprint density at radius 1 is 0.884 bits per heavy atom. The molecular weight excluding hydrogens is 562 g/mol. The zero-order valence-corrected chi connectivity index (χ0v) is 26.9. The quantitative estimate of drug-likeness (QED) is 0.0758. The molecule has 2 aromatic rings. The highest BCUT2D eigenvalue weighted by Crippen LogP contribution is 2.42. The maximum Gasteiger partial charge on any atom is 0.251 e. The third-order valence-electron chi connectivity index (χ3n) is 7.57. The number of benzene rings is 3. The largest absolute Gasteiger partial charge is 0.456 e. The van der Waals surface area contributed by atoms with Crippen molar-refractivity contribution in [1.82, 2.24) is 9.89 Å². The van der Waals surface area contributed by atoms with E-state index in [1.165, 1.54) is 0 Å². The lowest BCUT2D eigenvalue weighted by Gasteiger charge is -2.19. The molecule has 0 fully saturated rings. The summed E-state index contributed by atoms with van der Waals surface area (Å²) in [5.41, 5.74) is 6.61. The number of nitrogens with zero attached hydrogens (tertiary/aromatic N) is 2. The molecule has 1 heterocycles. The molecule has 2 aromatic carbocycles. The van der Waals surface area contributed by atoms with E-state index in [9.17, 15) is 4.79 Å². The second kappa shape index (κ2) is 15.9. The average molecular weight is 607 g/mol. The molecule has 0 saturated carbocycles. The summed E-state index contributed by atoms with van der Waals surface area (Å²) >= 11 is 5.70. The van der Waals surface area contributed by atoms with Crippen molar-refractivity contribution in [2.24, 2.45) is 0 Å². The summed E-state index contributed by atoms with van der Waals surface area (Å²) in [5.74, 6) is 1.40. The van der Waals surface area contributed by atoms with Crippen molar-refractivity contribution >= 4 is 34.2 Å². The number of nitrogens with one attached hydrogen (secondary N) is 1. The molecule has 7 nitrogen and oxygen atoms in total. The number of amides is 1. The first-order valence-corrected chi connectivity index (χ1v) is 15.6. The van der Waals surface area contributed by atoms with Gasteiger partial charge in [0.15, 0.2) is 0 Å². The molecule has 0 atom stereocenters. The zero-order valence-electron chi connectivity index (χ0n) is 26.2. The third-order valence-corrected chi connectivity index (χ3v) is 7.83. The fraction of sp³-hybridized carbons (Fsp3) is 0.429. The SMILES string of the molecule is Cc1ccc(C(=O)NCCOCCOCCCCCCCl)cc1-c1c2ccc(=[N+](C)C)cc-2oc2cc(N(C)C)ccc12. The number of ether oxygens (including phenoxy) is 2. The summed E-state index contributed by atoms with van der Waals surface area (Å²) < 4.78 is 19.8. The Morgan fingerprint density at radius 2 is 1.65 bits per heavy atom. The number of fused-ring (bicyclic) bond motifs is 2. The van der Waals surface area contributed by atoms with E-state index in [-0.39, 0.29) is 5.91 Å². The van der Waals surface area contributed by atoms with Crippen molar-refractivity contribution in [3.8, 4) is 22.5 Å². The van der Waals surface area contributed by atoms with Crippen molar-refractivity contribution in [2.45, 2.75) is 32.6 Å². The summed E-state index contributed by atoms with van der Waals surface area (Å²) in [6, 6.07) is 18.4. The molecule has 1 aliphatic carbocycles. The van der Waals surface area contributed by atoms with Gasteiger partial charge in [0, 0.05) is 73.0 Å². The Morgan fingerprint density at radius 3 is 2.40 bits per heavy atom. The number of halogens is 1. The van der Waals surface area contributed by atoms with Crippen LogP contribution in [0.4, 0.5) is 5.69 Å². The van der Waals surface area contributed by atoms with Gasteiger partial charge in [-0.1, -0.05) is 18.9 Å². The Labute approximate surface area is 260 Å². The number of alkyl halides is 1. The monoisotopic (exact) mass is 606 g/mol. The van der Waals surface area contributed by atoms with Gasteiger partial charge in [0.1, 0.15) is 25.4 Å². The van der Waals surface area contributed by atoms with Gasteiger partial charge in [-0.05, 0) is 61.2 Å². The van der Waals surface area contributed by atoms with Crippen LogP contribution in [0.25, 0.3) is 33.4 Å². The van der Waals surface area contributed by atoms with Crippen LogP contribution in [0, 0.1) is 6.92 Å². The summed E-state index contributed by atoms with van der Waals surface area (Å²) in [7, 11) is 8.08. The van der Waals surface area contributed by atoms with Crippen molar-refractivity contribution in [3.05, 3.63) is 71.1 Å². The smallest absolute Gasteiger partial charge is 0.251 e. The molecule has 0 radical (unpaired) electrons. The lowest BCUT2D eigenvalue weighted by Crippen LogP contribution is -2.27. The molecule has 0 bridgehead atoms. The van der Waals surface area contributed by atoms with E-state index in [0.29, 0.717) is 31.9 Å². The lowest BCUT2D eigenvalue weighted by atomic mass is 9.90. The van der Waals surface area contributed by atoms with E-state index in [1.54, 1.807) is 0 Å². The number of hydrogen-bond acceptors (Lipinski definition) is 5. The highest BCUT2D eigenvalue weighted by Gasteiger charge is 2.21. The van der Waals surface area contributed by atoms with Gasteiger partial charge in [0.05, 0.1) is 25.9 Å². The van der Waals surface area contributed by atoms with E-state index in [1.807, 2.05) is 46.4 Å². The molecule has 1 amide bonds. The van der Waals surface area contributed by atoms with Crippen molar-refractivity contribution in [2.75, 3.05) is 71.9 Å². The van der Waals surface area contributed by atoms with Crippen molar-refractivity contribution in [1.29, 1.82) is 0 Å². The van der Waals surface area contributed by atoms with Crippen LogP contribution in [0.2, 0.25) is 0 Å². The molecule has 230 valence electrons. The number of rotatable bonds is 15. The zero-order chi connectivity index (χ0) is 30.8. The number of unbranched alkanes of at least 4 members (excludes halogenated alkanes) is 3. The summed E-state index contributed by atoms with van der Waals surface area (Å²) in [5, 5.41) is 5.06. The van der Waals surface area contributed by atoms with Crippen LogP contribution in [-0.4, -0.2) is 73.0 Å². The normalized spacial score (nSPS) is 11.3. The van der Waals surface area contributed by atoms with Gasteiger partial charge >= 0.3 is 0 Å². The predicted octanol–water partition coefficient (Wildman–Crippen LogP) is 6.17. The molecule has 0 saturated heterocycles. The molecule has 43 heavy (non-hydrogen) atoms. The lowest BCUT2D eigenvalue weighted by molar-refractivity contribution is 0.0468. The number of hydrogen-bond donors (Lipinski definition) is 1. The Hall–Kier alpha value is -3.39. The van der Waals surface area contributed by atoms with Gasteiger partial charge in [0.25, 0.3) is 5.91 Å². The Balaban J connectivity index is 1.49. The van der Waals surface area contributed by atoms with Crippen LogP contribution in [0.5, 0.6) is 0 Å². The van der Waals surface area contributed by atoms with Crippen LogP contribution in [0.1, 0.15) is 41.6 Å². The van der Waals surface area contributed by atoms with Gasteiger partial charge in [-0.15, -0.1) is 11.6 Å². The molecule has 4 rings (SSSR count). The molecule has 8 heteroatoms. The predicted molar refractivity (Wildman–Crippen MR) is 178 cm³/mol. The second-order valence-electron chi connectivity index (χ2n) is 11.2. The number of carbonyl (C=O) groups excluding carboxylic acids is 1. The van der Waals surface area contributed by atoms with Gasteiger partial charge in [-0.2, -0.15) is 0 Å². The van der Waals surface area contributed by atoms with Gasteiger partial charge in [-0.3, -0.25) is 4.79 Å². The van der Waals surface area contributed by atoms with E-state index >= 15 is 0 Å². The van der Waals surface area contributed by atoms with Crippen molar-refractivity contribution < 1.29 is 18.7 Å². The van der Waals surface area contributed by atoms with Crippen LogP contribution in [-0.2, 0) is 9.47 Å². The minimum atomic E-state index is -0.128. The van der Waals surface area contributed by atoms with E-state index in [4.69, 9.17) is 25.5 Å². The number of carbonyl (C=O) groups is 1. The van der Waals surface area contributed by atoms with Gasteiger partial charge < -0.3 is 24.1 Å². The Bertz CT molecular complexity index is 1560. The van der Waals surface area contributed by atoms with Crippen molar-refractivity contribution in [3.63, 3.8) is 0 Å². The summed E-state index contributed by atoms with van der Waals surface area (Å²) in [4.78, 5) is 15.2. The molecular formula is C35H45ClN3O4+. The molecule has 2 aliphatic rings. The van der Waals surface area contributed by atoms with E-state index in [0.717, 1.165) is 88.2 Å². The van der Waals surface area contributed by atoms with Crippen LogP contribution in [0.15, 0.2) is 59.0 Å². The maximum atomic E-state index is 13.2. The first-order chi connectivity index (χ1) is 20.8. The highest BCUT2D eigenvalue weighted by molar-refractivity contribution is 6.17. The molecule has 0 unspecified atom stereocenters. The first kappa shape index (κ1) is 32.5. The van der Waals surface area contributed by atoms with Crippen LogP contribution in [0.3, 0.4) is 0 Å². The average Bonchev–Trinajstić information content (AvgIpc) is 3.00. The maximum absolute atomic E-state index is 13.2. The highest BCUT2D eigenvalue weighted by atomic mass is 35.5. The minimum Gasteiger partial charge on any atom is -0.456 e. The fourth-order valence-electron chi connectivity index (χ4n) is 5.06. The molecule has 0 spiro atoms. The van der Waals surface area contributed by atoms with E-state index in [2.05, 4.69) is 58.1 Å². The third kappa shape index (κ3) is 8.59. The molecule has 0 aromatic heterocycles. The summed E-state index contributed by atoms with van der Waals surface area (Å²) in [6.07, 6.45) is 4.39. The topological polar surface area (TPSA) is 67.0 Å². The number of aryl methyl sites for hydroxylation is 1. The molecule has 1 N–H and O–H groups in total. The molecule has 1 aliphatic heterocycles. The second-order valence-corrected chi connectivity index (χ2v) is 11.6. The van der Waals surface area contributed by atoms with E-state index < -0.39 is 0 Å². The minimum absolute atomic E-state index is 0.128. The van der Waals surface area contributed by atoms with Crippen LogP contribution >= 0.6 is 11.6 Å². The number of anilines is 1. The Kier molecular flexibility index (Phi) is 12.0. The van der Waals surface area contributed by atoms with Gasteiger partial charge in [0.2, 0.25) is 5.36 Å². The van der Waals surface area contributed by atoms with Crippen LogP contribution < -0.4 is 20.1 Å². The fourth-order valence-corrected chi connectivity index (χ4v) is 5.25. The van der Waals surface area contributed by atoms with Gasteiger partial charge in [-0.25, -0.2) is 4.58 Å². The standard InChI is InChI=1S/C35H44ClN3O4/c1-25-10-11-26(35(40)37-17-19-42-21-20-41-18-9-7-6-8-16-36)22-31(25)34-29-14-12-27(38(2)3)23-32(29)43-33-24-28(39(4)5)13-15-30(33)34/h10-15,22-24H,6-9,16-21H2,1-5H3/p+1.